The predicted octanol–water partition coefficient (Wildman–Crippen LogP) is 4.91. The number of amides is 1. The van der Waals surface area contributed by atoms with E-state index in [1.54, 1.807) is 36.4 Å². The largest absolute Gasteiger partial charge is 0.375 e. The normalized spacial score (nSPS) is 17.8. The number of hydrogen-bond acceptors (Lipinski definition) is 3. The Labute approximate surface area is 180 Å². The molecule has 0 bridgehead atoms. The van der Waals surface area contributed by atoms with Crippen LogP contribution in [0.1, 0.15) is 40.4 Å². The smallest absolute Gasteiger partial charge is 0.264 e. The van der Waals surface area contributed by atoms with Crippen molar-refractivity contribution in [3.63, 3.8) is 0 Å². The lowest BCUT2D eigenvalue weighted by Gasteiger charge is -2.23. The van der Waals surface area contributed by atoms with E-state index in [2.05, 4.69) is 0 Å². The van der Waals surface area contributed by atoms with Crippen LogP contribution in [-0.2, 0) is 23.4 Å². The van der Waals surface area contributed by atoms with Crippen molar-refractivity contribution in [2.24, 2.45) is 0 Å². The molecule has 3 aromatic rings. The van der Waals surface area contributed by atoms with Gasteiger partial charge in [-0.1, -0.05) is 79.2 Å². The van der Waals surface area contributed by atoms with Gasteiger partial charge in [-0.15, -0.1) is 0 Å². The van der Waals surface area contributed by atoms with E-state index < -0.39 is 11.5 Å². The molecule has 3 aromatic carbocycles. The van der Waals surface area contributed by atoms with Crippen LogP contribution in [0.3, 0.4) is 0 Å². The number of Topliss-reactive ketones (excluding diaryl/α,β-unsaturated/α-hetero) is 1. The number of ketones is 1. The van der Waals surface area contributed by atoms with Crippen LogP contribution in [-0.4, -0.2) is 16.8 Å². The van der Waals surface area contributed by atoms with Gasteiger partial charge in [-0.25, -0.2) is 0 Å². The summed E-state index contributed by atoms with van der Waals surface area (Å²) < 4.78 is 0. The van der Waals surface area contributed by atoms with Crippen LogP contribution >= 0.6 is 11.6 Å². The van der Waals surface area contributed by atoms with Crippen LogP contribution in [0, 0.1) is 0 Å². The molecule has 5 heteroatoms. The number of benzene rings is 3. The van der Waals surface area contributed by atoms with Gasteiger partial charge < -0.3 is 10.0 Å². The lowest BCUT2D eigenvalue weighted by Crippen LogP contribution is -2.41. The Bertz CT molecular complexity index is 1110. The van der Waals surface area contributed by atoms with Crippen LogP contribution in [0.5, 0.6) is 0 Å². The molecule has 4 nitrogen and oxygen atoms in total. The van der Waals surface area contributed by atoms with Crippen molar-refractivity contribution in [3.8, 4) is 0 Å². The third kappa shape index (κ3) is 3.53. The molecule has 0 radical (unpaired) electrons. The zero-order chi connectivity index (χ0) is 21.3. The highest BCUT2D eigenvalue weighted by atomic mass is 35.5. The predicted molar refractivity (Wildman–Crippen MR) is 118 cm³/mol. The maximum absolute atomic E-state index is 13.3. The van der Waals surface area contributed by atoms with Gasteiger partial charge in [0.2, 0.25) is 0 Å². The molecule has 30 heavy (non-hydrogen) atoms. The highest BCUT2D eigenvalue weighted by molar-refractivity contribution is 6.31. The van der Waals surface area contributed by atoms with E-state index in [4.69, 9.17) is 11.6 Å². The van der Waals surface area contributed by atoms with Gasteiger partial charge in [-0.3, -0.25) is 9.59 Å². The summed E-state index contributed by atoms with van der Waals surface area (Å²) in [6.07, 6.45) is 0.564. The molecule has 0 aliphatic carbocycles. The van der Waals surface area contributed by atoms with Crippen molar-refractivity contribution >= 4 is 29.0 Å². The number of aliphatic hydroxyl groups is 1. The third-order valence-corrected chi connectivity index (χ3v) is 5.99. The number of aryl methyl sites for hydroxylation is 1. The number of hydrogen-bond donors (Lipinski definition) is 1. The summed E-state index contributed by atoms with van der Waals surface area (Å²) in [5.41, 5.74) is 1.51. The molecule has 1 N–H and O–H groups in total. The molecule has 1 aliphatic heterocycles. The van der Waals surface area contributed by atoms with E-state index in [0.717, 1.165) is 17.5 Å². The van der Waals surface area contributed by atoms with Gasteiger partial charge in [-0.05, 0) is 29.7 Å². The molecule has 0 saturated carbocycles. The molecule has 0 fully saturated rings. The van der Waals surface area contributed by atoms with Gasteiger partial charge in [0.15, 0.2) is 11.4 Å². The molecule has 1 atom stereocenters. The summed E-state index contributed by atoms with van der Waals surface area (Å²) in [7, 11) is 0. The van der Waals surface area contributed by atoms with Crippen LogP contribution in [0.4, 0.5) is 5.69 Å². The second kappa shape index (κ2) is 8.05. The fraction of sp³-hybridized carbons (Fsp3) is 0.200. The summed E-state index contributed by atoms with van der Waals surface area (Å²) in [6.45, 7) is 2.26. The SMILES string of the molecule is CCc1ccc(C(=O)C[C@@]2(O)C(=O)N(Cc3ccccc3Cl)c3ccccc32)cc1. The zero-order valence-corrected chi connectivity index (χ0v) is 17.4. The van der Waals surface area contributed by atoms with Crippen LogP contribution < -0.4 is 4.90 Å². The summed E-state index contributed by atoms with van der Waals surface area (Å²) in [5.74, 6) is -0.787. The second-order valence-electron chi connectivity index (χ2n) is 7.51. The first-order valence-electron chi connectivity index (χ1n) is 9.93. The Hall–Kier alpha value is -2.95. The van der Waals surface area contributed by atoms with Crippen molar-refractivity contribution in [2.45, 2.75) is 31.9 Å². The highest BCUT2D eigenvalue weighted by Gasteiger charge is 2.50. The number of para-hydroxylation sites is 1. The van der Waals surface area contributed by atoms with Gasteiger partial charge in [0.05, 0.1) is 18.7 Å². The Kier molecular flexibility index (Phi) is 5.46. The topological polar surface area (TPSA) is 57.6 Å². The van der Waals surface area contributed by atoms with Crippen molar-refractivity contribution in [1.29, 1.82) is 0 Å². The lowest BCUT2D eigenvalue weighted by molar-refractivity contribution is -0.136. The van der Waals surface area contributed by atoms with Crippen molar-refractivity contribution < 1.29 is 14.7 Å². The first-order chi connectivity index (χ1) is 14.4. The Balaban J connectivity index is 1.66. The Morgan fingerprint density at radius 1 is 1.00 bits per heavy atom. The maximum atomic E-state index is 13.3. The zero-order valence-electron chi connectivity index (χ0n) is 16.6. The molecular formula is C25H22ClNO3. The monoisotopic (exact) mass is 419 g/mol. The van der Waals surface area contributed by atoms with Gasteiger partial charge >= 0.3 is 0 Å². The van der Waals surface area contributed by atoms with Gasteiger partial charge in [0.1, 0.15) is 0 Å². The minimum atomic E-state index is -1.90. The highest BCUT2D eigenvalue weighted by Crippen LogP contribution is 2.43. The van der Waals surface area contributed by atoms with Gasteiger partial charge in [0, 0.05) is 16.1 Å². The number of carbonyl (C=O) groups is 2. The van der Waals surface area contributed by atoms with Crippen LogP contribution in [0.15, 0.2) is 72.8 Å². The fourth-order valence-corrected chi connectivity index (χ4v) is 4.09. The molecule has 1 aliphatic rings. The van der Waals surface area contributed by atoms with Crippen LogP contribution in [0.2, 0.25) is 5.02 Å². The van der Waals surface area contributed by atoms with Gasteiger partial charge in [0.25, 0.3) is 5.91 Å². The minimum Gasteiger partial charge on any atom is -0.375 e. The average Bonchev–Trinajstić information content (AvgIpc) is 2.97. The van der Waals surface area contributed by atoms with E-state index >= 15 is 0 Å². The summed E-state index contributed by atoms with van der Waals surface area (Å²) in [4.78, 5) is 27.8. The first kappa shape index (κ1) is 20.3. The van der Waals surface area contributed by atoms with Crippen molar-refractivity contribution in [3.05, 3.63) is 100 Å². The van der Waals surface area contributed by atoms with E-state index in [0.29, 0.717) is 21.8 Å². The Morgan fingerprint density at radius 2 is 1.67 bits per heavy atom. The molecule has 152 valence electrons. The number of halogens is 1. The van der Waals surface area contributed by atoms with E-state index in [9.17, 15) is 14.7 Å². The maximum Gasteiger partial charge on any atom is 0.264 e. The number of carbonyl (C=O) groups excluding carboxylic acids is 2. The van der Waals surface area contributed by atoms with E-state index in [-0.39, 0.29) is 18.7 Å². The number of fused-ring (bicyclic) bond motifs is 1. The Morgan fingerprint density at radius 3 is 2.37 bits per heavy atom. The van der Waals surface area contributed by atoms with Crippen molar-refractivity contribution in [1.82, 2.24) is 0 Å². The lowest BCUT2D eigenvalue weighted by atomic mass is 9.88. The molecule has 0 aromatic heterocycles. The fourth-order valence-electron chi connectivity index (χ4n) is 3.89. The summed E-state index contributed by atoms with van der Waals surface area (Å²) in [6, 6.07) is 21.6. The summed E-state index contributed by atoms with van der Waals surface area (Å²) in [5, 5.41) is 12.0. The molecular weight excluding hydrogens is 398 g/mol. The third-order valence-electron chi connectivity index (χ3n) is 5.63. The second-order valence-corrected chi connectivity index (χ2v) is 7.92. The molecule has 1 heterocycles. The van der Waals surface area contributed by atoms with Crippen molar-refractivity contribution in [2.75, 3.05) is 4.90 Å². The minimum absolute atomic E-state index is 0.219. The first-order valence-corrected chi connectivity index (χ1v) is 10.3. The molecule has 4 rings (SSSR count). The molecule has 0 spiro atoms. The molecule has 0 unspecified atom stereocenters. The summed E-state index contributed by atoms with van der Waals surface area (Å²) >= 11 is 6.28. The molecule has 1 amide bonds. The van der Waals surface area contributed by atoms with Crippen LogP contribution in [0.25, 0.3) is 0 Å². The molecule has 0 saturated heterocycles. The number of nitrogens with zero attached hydrogens (tertiary/aromatic N) is 1. The van der Waals surface area contributed by atoms with Gasteiger partial charge in [-0.2, -0.15) is 0 Å². The number of rotatable bonds is 6. The average molecular weight is 420 g/mol. The quantitative estimate of drug-likeness (QED) is 0.577. The number of anilines is 1. The van der Waals surface area contributed by atoms with E-state index in [1.807, 2.05) is 43.3 Å². The standard InChI is InChI=1S/C25H22ClNO3/c1-2-17-11-13-18(14-12-17)23(28)15-25(30)20-8-4-6-10-22(20)27(24(25)29)16-19-7-3-5-9-21(19)26/h3-14,30H,2,15-16H2,1H3/t25-/m0/s1. The van der Waals surface area contributed by atoms with E-state index in [1.165, 1.54) is 4.90 Å².